The minimum atomic E-state index is -1.13. The molecule has 0 spiro atoms. The number of carbonyl (C=O) groups excluding carboxylic acids is 3. The van der Waals surface area contributed by atoms with E-state index in [1.54, 1.807) is 52.0 Å². The third-order valence-electron chi connectivity index (χ3n) is 4.70. The number of hydrogen-bond acceptors (Lipinski definition) is 4. The van der Waals surface area contributed by atoms with Crippen molar-refractivity contribution in [3.8, 4) is 0 Å². The van der Waals surface area contributed by atoms with Gasteiger partial charge in [0.25, 0.3) is 11.8 Å². The van der Waals surface area contributed by atoms with Gasteiger partial charge in [-0.1, -0.05) is 38.1 Å². The lowest BCUT2D eigenvalue weighted by Crippen LogP contribution is -2.47. The summed E-state index contributed by atoms with van der Waals surface area (Å²) in [7, 11) is 0. The maximum Gasteiger partial charge on any atom is 0.329 e. The molecule has 2 rings (SSSR count). The Bertz CT molecular complexity index is 943. The van der Waals surface area contributed by atoms with E-state index in [9.17, 15) is 18.8 Å². The zero-order chi connectivity index (χ0) is 22.4. The third-order valence-corrected chi connectivity index (χ3v) is 4.70. The number of hydrogen-bond donors (Lipinski definition) is 2. The Hall–Kier alpha value is -3.22. The number of carbonyl (C=O) groups is 3. The Morgan fingerprint density at radius 2 is 1.63 bits per heavy atom. The SMILES string of the molecule is Cc1ccc(NC(=O)[C@@H](C)OC(=O)[C@@H](NC(=O)c2ccccc2C)C(C)C)cc1F. The predicted molar refractivity (Wildman–Crippen MR) is 113 cm³/mol. The van der Waals surface area contributed by atoms with Gasteiger partial charge >= 0.3 is 5.97 Å². The van der Waals surface area contributed by atoms with Gasteiger partial charge < -0.3 is 15.4 Å². The second-order valence-electron chi connectivity index (χ2n) is 7.54. The van der Waals surface area contributed by atoms with Crippen LogP contribution in [-0.2, 0) is 14.3 Å². The maximum absolute atomic E-state index is 13.6. The average molecular weight is 414 g/mol. The molecule has 2 aromatic rings. The minimum Gasteiger partial charge on any atom is -0.451 e. The topological polar surface area (TPSA) is 84.5 Å². The molecule has 0 bridgehead atoms. The molecule has 0 fully saturated rings. The van der Waals surface area contributed by atoms with E-state index in [0.717, 1.165) is 5.56 Å². The summed E-state index contributed by atoms with van der Waals surface area (Å²) in [5, 5.41) is 5.20. The highest BCUT2D eigenvalue weighted by molar-refractivity contribution is 5.99. The molecule has 0 aliphatic carbocycles. The fourth-order valence-electron chi connectivity index (χ4n) is 2.76. The van der Waals surface area contributed by atoms with Gasteiger partial charge in [-0.2, -0.15) is 0 Å². The summed E-state index contributed by atoms with van der Waals surface area (Å²) >= 11 is 0. The molecule has 0 aliphatic rings. The molecule has 30 heavy (non-hydrogen) atoms. The molecule has 2 amide bonds. The molecular weight excluding hydrogens is 387 g/mol. The molecule has 2 aromatic carbocycles. The Morgan fingerprint density at radius 3 is 2.23 bits per heavy atom. The standard InChI is InChI=1S/C23H27FN2O4/c1-13(2)20(26-22(28)18-9-7-6-8-14(18)3)23(29)30-16(5)21(27)25-17-11-10-15(4)19(24)12-17/h6-13,16,20H,1-5H3,(H,25,27)(H,26,28)/t16-,20+/m1/s1. The first-order valence-corrected chi connectivity index (χ1v) is 9.74. The predicted octanol–water partition coefficient (Wildman–Crippen LogP) is 3.77. The summed E-state index contributed by atoms with van der Waals surface area (Å²) in [5.74, 6) is -2.41. The van der Waals surface area contributed by atoms with Gasteiger partial charge in [0, 0.05) is 11.3 Å². The average Bonchev–Trinajstić information content (AvgIpc) is 2.68. The van der Waals surface area contributed by atoms with Crippen molar-refractivity contribution in [2.24, 2.45) is 5.92 Å². The van der Waals surface area contributed by atoms with Crippen LogP contribution in [0.2, 0.25) is 0 Å². The summed E-state index contributed by atoms with van der Waals surface area (Å²) in [5.41, 5.74) is 1.96. The summed E-state index contributed by atoms with van der Waals surface area (Å²) in [6.45, 7) is 8.37. The number of anilines is 1. The van der Waals surface area contributed by atoms with Gasteiger partial charge in [-0.25, -0.2) is 9.18 Å². The van der Waals surface area contributed by atoms with Crippen LogP contribution in [0.15, 0.2) is 42.5 Å². The van der Waals surface area contributed by atoms with Crippen LogP contribution in [0.5, 0.6) is 0 Å². The first-order valence-electron chi connectivity index (χ1n) is 9.74. The number of aryl methyl sites for hydroxylation is 2. The van der Waals surface area contributed by atoms with E-state index in [-0.39, 0.29) is 11.6 Å². The van der Waals surface area contributed by atoms with Crippen LogP contribution in [0.3, 0.4) is 0 Å². The first kappa shape index (κ1) is 23.1. The fraction of sp³-hybridized carbons (Fsp3) is 0.348. The summed E-state index contributed by atoms with van der Waals surface area (Å²) in [6, 6.07) is 10.4. The highest BCUT2D eigenvalue weighted by Crippen LogP contribution is 2.15. The van der Waals surface area contributed by atoms with Crippen molar-refractivity contribution in [1.82, 2.24) is 5.32 Å². The molecule has 0 heterocycles. The van der Waals surface area contributed by atoms with Gasteiger partial charge in [-0.15, -0.1) is 0 Å². The highest BCUT2D eigenvalue weighted by atomic mass is 19.1. The Labute approximate surface area is 175 Å². The van der Waals surface area contributed by atoms with E-state index < -0.39 is 35.7 Å². The second kappa shape index (κ2) is 10.0. The molecule has 0 aromatic heterocycles. The monoisotopic (exact) mass is 414 g/mol. The maximum atomic E-state index is 13.6. The summed E-state index contributed by atoms with van der Waals surface area (Å²) in [4.78, 5) is 37.5. The van der Waals surface area contributed by atoms with Gasteiger partial charge in [0.2, 0.25) is 0 Å². The molecule has 2 N–H and O–H groups in total. The van der Waals surface area contributed by atoms with Gasteiger partial charge in [-0.3, -0.25) is 9.59 Å². The molecule has 0 saturated carbocycles. The Kier molecular flexibility index (Phi) is 7.69. The van der Waals surface area contributed by atoms with Crippen molar-refractivity contribution >= 4 is 23.5 Å². The molecule has 0 aliphatic heterocycles. The molecule has 0 unspecified atom stereocenters. The zero-order valence-electron chi connectivity index (χ0n) is 17.8. The largest absolute Gasteiger partial charge is 0.451 e. The van der Waals surface area contributed by atoms with E-state index in [4.69, 9.17) is 4.74 Å². The second-order valence-corrected chi connectivity index (χ2v) is 7.54. The quantitative estimate of drug-likeness (QED) is 0.676. The van der Waals surface area contributed by atoms with Crippen LogP contribution in [0.1, 0.15) is 42.3 Å². The van der Waals surface area contributed by atoms with Crippen molar-refractivity contribution < 1.29 is 23.5 Å². The van der Waals surface area contributed by atoms with E-state index in [1.165, 1.54) is 19.1 Å². The number of rotatable bonds is 7. The smallest absolute Gasteiger partial charge is 0.329 e. The Balaban J connectivity index is 2.02. The van der Waals surface area contributed by atoms with E-state index in [2.05, 4.69) is 10.6 Å². The summed E-state index contributed by atoms with van der Waals surface area (Å²) in [6.07, 6.45) is -1.13. The number of amides is 2. The van der Waals surface area contributed by atoms with Gasteiger partial charge in [0.1, 0.15) is 11.9 Å². The van der Waals surface area contributed by atoms with Crippen LogP contribution in [0, 0.1) is 25.6 Å². The molecule has 2 atom stereocenters. The van der Waals surface area contributed by atoms with Crippen LogP contribution in [0.4, 0.5) is 10.1 Å². The van der Waals surface area contributed by atoms with Gasteiger partial charge in [0.05, 0.1) is 0 Å². The van der Waals surface area contributed by atoms with Crippen LogP contribution in [0.25, 0.3) is 0 Å². The molecule has 6 nitrogen and oxygen atoms in total. The van der Waals surface area contributed by atoms with Crippen molar-refractivity contribution in [3.63, 3.8) is 0 Å². The third kappa shape index (κ3) is 5.89. The number of halogens is 1. The normalized spacial score (nSPS) is 12.8. The Morgan fingerprint density at radius 1 is 0.967 bits per heavy atom. The lowest BCUT2D eigenvalue weighted by Gasteiger charge is -2.23. The number of ether oxygens (including phenoxy) is 1. The molecule has 0 radical (unpaired) electrons. The lowest BCUT2D eigenvalue weighted by molar-refractivity contribution is -0.156. The summed E-state index contributed by atoms with van der Waals surface area (Å²) < 4.78 is 18.9. The number of nitrogens with one attached hydrogen (secondary N) is 2. The molecule has 7 heteroatoms. The minimum absolute atomic E-state index is 0.257. The van der Waals surface area contributed by atoms with Gasteiger partial charge in [-0.05, 0) is 56.0 Å². The van der Waals surface area contributed by atoms with Gasteiger partial charge in [0.15, 0.2) is 6.10 Å². The van der Waals surface area contributed by atoms with Crippen molar-refractivity contribution in [2.45, 2.75) is 46.8 Å². The number of benzene rings is 2. The van der Waals surface area contributed by atoms with Crippen molar-refractivity contribution in [3.05, 3.63) is 65.0 Å². The van der Waals surface area contributed by atoms with Crippen molar-refractivity contribution in [1.29, 1.82) is 0 Å². The highest BCUT2D eigenvalue weighted by Gasteiger charge is 2.29. The van der Waals surface area contributed by atoms with E-state index in [0.29, 0.717) is 11.1 Å². The number of esters is 1. The van der Waals surface area contributed by atoms with Crippen LogP contribution >= 0.6 is 0 Å². The molecular formula is C23H27FN2O4. The fourth-order valence-corrected chi connectivity index (χ4v) is 2.76. The molecule has 160 valence electrons. The van der Waals surface area contributed by atoms with Crippen molar-refractivity contribution in [2.75, 3.05) is 5.32 Å². The first-order chi connectivity index (χ1) is 14.1. The zero-order valence-corrected chi connectivity index (χ0v) is 17.8. The van der Waals surface area contributed by atoms with Crippen LogP contribution in [-0.4, -0.2) is 29.9 Å². The lowest BCUT2D eigenvalue weighted by atomic mass is 10.0. The van der Waals surface area contributed by atoms with E-state index in [1.807, 2.05) is 6.07 Å². The van der Waals surface area contributed by atoms with Crippen LogP contribution < -0.4 is 10.6 Å². The van der Waals surface area contributed by atoms with E-state index >= 15 is 0 Å². The molecule has 0 saturated heterocycles.